The number of benzene rings is 1. The van der Waals surface area contributed by atoms with E-state index in [1.165, 1.54) is 13.0 Å². The molecule has 0 aliphatic rings. The van der Waals surface area contributed by atoms with Crippen LogP contribution in [0.5, 0.6) is 0 Å². The number of aliphatic hydroxyl groups excluding tert-OH is 1. The first-order valence-corrected chi connectivity index (χ1v) is 5.57. The lowest BCUT2D eigenvalue weighted by molar-refractivity contribution is -0.147. The number of carbonyl (C=O) groups excluding carboxylic acids is 1. The Morgan fingerprint density at radius 1 is 1.41 bits per heavy atom. The zero-order valence-electron chi connectivity index (χ0n) is 9.31. The molecule has 1 aromatic rings. The van der Waals surface area contributed by atoms with Crippen LogP contribution in [0.2, 0.25) is 0 Å². The van der Waals surface area contributed by atoms with Gasteiger partial charge in [-0.05, 0) is 23.6 Å². The number of ketones is 1. The highest BCUT2D eigenvalue weighted by Crippen LogP contribution is 2.22. The number of rotatable bonds is 5. The molecule has 1 aromatic carbocycles. The first kappa shape index (κ1) is 13.7. The van der Waals surface area contributed by atoms with Crippen LogP contribution < -0.4 is 0 Å². The van der Waals surface area contributed by atoms with Gasteiger partial charge in [0.2, 0.25) is 0 Å². The van der Waals surface area contributed by atoms with E-state index in [2.05, 4.69) is 0 Å². The Morgan fingerprint density at radius 3 is 2.53 bits per heavy atom. The third-order valence-electron chi connectivity index (χ3n) is 2.34. The topological polar surface area (TPSA) is 74.6 Å². The summed E-state index contributed by atoms with van der Waals surface area (Å²) in [7, 11) is 0. The van der Waals surface area contributed by atoms with Gasteiger partial charge in [0.1, 0.15) is 5.78 Å². The fourth-order valence-corrected chi connectivity index (χ4v) is 1.79. The van der Waals surface area contributed by atoms with Gasteiger partial charge in [0.15, 0.2) is 6.10 Å². The molecular weight excluding hydrogens is 244 g/mol. The van der Waals surface area contributed by atoms with Crippen molar-refractivity contribution in [2.45, 2.75) is 25.3 Å². The molecule has 5 heteroatoms. The second-order valence-corrected chi connectivity index (χ2v) is 4.05. The average molecular weight is 257 g/mol. The van der Waals surface area contributed by atoms with Crippen LogP contribution in [-0.4, -0.2) is 22.0 Å². The van der Waals surface area contributed by atoms with Crippen LogP contribution in [0.4, 0.5) is 0 Å². The molecule has 2 N–H and O–H groups in total. The van der Waals surface area contributed by atoms with Gasteiger partial charge in [0, 0.05) is 12.3 Å². The first-order chi connectivity index (χ1) is 7.95. The highest BCUT2D eigenvalue weighted by atomic mass is 35.5. The first-order valence-electron chi connectivity index (χ1n) is 5.03. The van der Waals surface area contributed by atoms with E-state index in [9.17, 15) is 14.7 Å². The van der Waals surface area contributed by atoms with E-state index in [1.807, 2.05) is 0 Å². The van der Waals surface area contributed by atoms with Gasteiger partial charge in [-0.15, -0.1) is 11.6 Å². The molecule has 92 valence electrons. The number of hydrogen-bond acceptors (Lipinski definition) is 3. The average Bonchev–Trinajstić information content (AvgIpc) is 2.27. The summed E-state index contributed by atoms with van der Waals surface area (Å²) in [5.74, 6) is -1.25. The number of halogens is 1. The summed E-state index contributed by atoms with van der Waals surface area (Å²) in [5, 5.41) is 18.3. The zero-order chi connectivity index (χ0) is 13.0. The quantitative estimate of drug-likeness (QED) is 0.786. The molecule has 0 aromatic heterocycles. The van der Waals surface area contributed by atoms with E-state index in [0.717, 1.165) is 0 Å². The van der Waals surface area contributed by atoms with Crippen LogP contribution in [0.15, 0.2) is 18.2 Å². The van der Waals surface area contributed by atoms with Crippen molar-refractivity contribution in [3.8, 4) is 0 Å². The number of carboxylic acid groups (broad SMARTS) is 1. The fourth-order valence-electron chi connectivity index (χ4n) is 1.55. The van der Waals surface area contributed by atoms with E-state index < -0.39 is 12.1 Å². The molecule has 1 atom stereocenters. The molecule has 1 rings (SSSR count). The maximum Gasteiger partial charge on any atom is 0.337 e. The van der Waals surface area contributed by atoms with Crippen molar-refractivity contribution in [1.29, 1.82) is 0 Å². The maximum atomic E-state index is 11.0. The lowest BCUT2D eigenvalue weighted by atomic mass is 9.98. The summed E-state index contributed by atoms with van der Waals surface area (Å²) in [6, 6.07) is 4.85. The number of aliphatic hydroxyl groups is 1. The molecule has 0 aliphatic carbocycles. The summed E-state index contributed by atoms with van der Waals surface area (Å²) in [5.41, 5.74) is 1.46. The van der Waals surface area contributed by atoms with Crippen molar-refractivity contribution in [1.82, 2.24) is 0 Å². The maximum absolute atomic E-state index is 11.0. The number of hydrogen-bond donors (Lipinski definition) is 2. The molecule has 17 heavy (non-hydrogen) atoms. The molecule has 4 nitrogen and oxygen atoms in total. The summed E-state index contributed by atoms with van der Waals surface area (Å²) >= 11 is 5.67. The lowest BCUT2D eigenvalue weighted by Crippen LogP contribution is -2.13. The molecular formula is C12H13ClO4. The van der Waals surface area contributed by atoms with Crippen LogP contribution in [0, 0.1) is 0 Å². The minimum absolute atomic E-state index is 0.0283. The van der Waals surface area contributed by atoms with Crippen LogP contribution in [0.3, 0.4) is 0 Å². The molecule has 0 aliphatic heterocycles. The molecule has 0 saturated carbocycles. The minimum atomic E-state index is -1.62. The third kappa shape index (κ3) is 3.54. The Morgan fingerprint density at radius 2 is 2.06 bits per heavy atom. The Kier molecular flexibility index (Phi) is 4.66. The van der Waals surface area contributed by atoms with Gasteiger partial charge in [-0.25, -0.2) is 4.79 Å². The van der Waals surface area contributed by atoms with E-state index in [-0.39, 0.29) is 23.6 Å². The normalized spacial score (nSPS) is 12.2. The smallest absolute Gasteiger partial charge is 0.337 e. The highest BCUT2D eigenvalue weighted by Gasteiger charge is 2.19. The van der Waals surface area contributed by atoms with Crippen molar-refractivity contribution >= 4 is 23.4 Å². The molecule has 0 amide bonds. The number of alkyl halides is 1. The summed E-state index contributed by atoms with van der Waals surface area (Å²) in [6.07, 6.45) is -1.40. The summed E-state index contributed by atoms with van der Waals surface area (Å²) < 4.78 is 0. The van der Waals surface area contributed by atoms with Crippen LogP contribution in [0.25, 0.3) is 0 Å². The lowest BCUT2D eigenvalue weighted by Gasteiger charge is -2.12. The van der Waals surface area contributed by atoms with Gasteiger partial charge in [-0.2, -0.15) is 0 Å². The molecule has 0 saturated heterocycles. The number of carboxylic acids is 1. The number of aliphatic carboxylic acids is 1. The fraction of sp³-hybridized carbons (Fsp3) is 0.333. The van der Waals surface area contributed by atoms with Gasteiger partial charge in [0.05, 0.1) is 0 Å². The second-order valence-electron chi connectivity index (χ2n) is 3.79. The summed E-state index contributed by atoms with van der Waals surface area (Å²) in [4.78, 5) is 21.7. The SMILES string of the molecule is CC(=O)Cc1ccc(CCl)c(C(O)C(=O)O)c1. The number of carbonyl (C=O) groups is 2. The zero-order valence-corrected chi connectivity index (χ0v) is 10.1. The minimum Gasteiger partial charge on any atom is -0.479 e. The standard InChI is InChI=1S/C12H13ClO4/c1-7(14)4-8-2-3-9(6-13)10(5-8)11(15)12(16)17/h2-3,5,11,15H,4,6H2,1H3,(H,16,17). The van der Waals surface area contributed by atoms with E-state index in [4.69, 9.17) is 16.7 Å². The predicted octanol–water partition coefficient (Wildman–Crippen LogP) is 1.67. The molecule has 0 fully saturated rings. The molecule has 0 spiro atoms. The number of Topliss-reactive ketones (excluding diaryl/α,β-unsaturated/α-hetero) is 1. The second kappa shape index (κ2) is 5.80. The van der Waals surface area contributed by atoms with E-state index in [1.54, 1.807) is 12.1 Å². The predicted molar refractivity (Wildman–Crippen MR) is 63.0 cm³/mol. The highest BCUT2D eigenvalue weighted by molar-refractivity contribution is 6.17. The van der Waals surface area contributed by atoms with E-state index >= 15 is 0 Å². The van der Waals surface area contributed by atoms with Crippen LogP contribution in [0.1, 0.15) is 29.7 Å². The molecule has 1 unspecified atom stereocenters. The Balaban J connectivity index is 3.14. The van der Waals surface area contributed by atoms with Crippen LogP contribution in [-0.2, 0) is 21.9 Å². The van der Waals surface area contributed by atoms with Crippen molar-refractivity contribution < 1.29 is 19.8 Å². The molecule has 0 heterocycles. The van der Waals surface area contributed by atoms with Crippen LogP contribution >= 0.6 is 11.6 Å². The van der Waals surface area contributed by atoms with Crippen molar-refractivity contribution in [2.75, 3.05) is 0 Å². The van der Waals surface area contributed by atoms with Gasteiger partial charge < -0.3 is 10.2 Å². The van der Waals surface area contributed by atoms with Gasteiger partial charge in [0.25, 0.3) is 0 Å². The Bertz CT molecular complexity index is 442. The summed E-state index contributed by atoms with van der Waals surface area (Å²) in [6.45, 7) is 1.45. The van der Waals surface area contributed by atoms with E-state index in [0.29, 0.717) is 11.1 Å². The Labute approximate surface area is 104 Å². The van der Waals surface area contributed by atoms with Gasteiger partial charge >= 0.3 is 5.97 Å². The monoisotopic (exact) mass is 256 g/mol. The third-order valence-corrected chi connectivity index (χ3v) is 2.62. The largest absolute Gasteiger partial charge is 0.479 e. The van der Waals surface area contributed by atoms with Crippen molar-refractivity contribution in [3.63, 3.8) is 0 Å². The van der Waals surface area contributed by atoms with Crippen molar-refractivity contribution in [2.24, 2.45) is 0 Å². The van der Waals surface area contributed by atoms with Gasteiger partial charge in [-0.1, -0.05) is 18.2 Å². The van der Waals surface area contributed by atoms with Gasteiger partial charge in [-0.3, -0.25) is 4.79 Å². The Hall–Kier alpha value is -1.39. The molecule has 0 radical (unpaired) electrons. The van der Waals surface area contributed by atoms with Crippen molar-refractivity contribution in [3.05, 3.63) is 34.9 Å². The molecule has 0 bridgehead atoms.